The zero-order valence-corrected chi connectivity index (χ0v) is 13.1. The minimum atomic E-state index is -0.650. The van der Waals surface area contributed by atoms with E-state index in [0.717, 1.165) is 5.56 Å². The monoisotopic (exact) mass is 303 g/mol. The fourth-order valence-electron chi connectivity index (χ4n) is 2.50. The summed E-state index contributed by atoms with van der Waals surface area (Å²) in [6.07, 6.45) is 1.21. The van der Waals surface area contributed by atoms with Crippen molar-refractivity contribution in [3.05, 3.63) is 34.2 Å². The smallest absolute Gasteiger partial charge is 0.327 e. The fourth-order valence-corrected chi connectivity index (χ4v) is 2.50. The van der Waals surface area contributed by atoms with Gasteiger partial charge in [0, 0.05) is 13.5 Å². The Bertz CT molecular complexity index is 743. The summed E-state index contributed by atoms with van der Waals surface area (Å²) >= 11 is 0. The fraction of sp³-hybridized carbons (Fsp3) is 0.438. The van der Waals surface area contributed by atoms with Crippen molar-refractivity contribution < 1.29 is 9.59 Å². The minimum absolute atomic E-state index is 0.151. The molecule has 0 saturated carbocycles. The highest BCUT2D eigenvalue weighted by molar-refractivity contribution is 5.79. The van der Waals surface area contributed by atoms with Crippen LogP contribution in [0.5, 0.6) is 0 Å². The number of aromatic nitrogens is 2. The van der Waals surface area contributed by atoms with Crippen LogP contribution in [0.25, 0.3) is 11.0 Å². The molecule has 0 radical (unpaired) electrons. The van der Waals surface area contributed by atoms with E-state index in [9.17, 15) is 14.4 Å². The predicted octanol–water partition coefficient (Wildman–Crippen LogP) is 1.72. The van der Waals surface area contributed by atoms with E-state index in [1.807, 2.05) is 18.2 Å². The van der Waals surface area contributed by atoms with Crippen molar-refractivity contribution in [3.63, 3.8) is 0 Å². The third-order valence-corrected chi connectivity index (χ3v) is 3.84. The van der Waals surface area contributed by atoms with Crippen molar-refractivity contribution in [1.29, 1.82) is 0 Å². The van der Waals surface area contributed by atoms with E-state index in [2.05, 4.69) is 24.1 Å². The first kappa shape index (κ1) is 16.0. The summed E-state index contributed by atoms with van der Waals surface area (Å²) in [5.74, 6) is 0.202. The molecule has 2 aromatic rings. The molecule has 1 aromatic heterocycles. The molecule has 1 atom stereocenters. The maximum absolute atomic E-state index is 12.2. The van der Waals surface area contributed by atoms with Gasteiger partial charge < -0.3 is 15.1 Å². The van der Waals surface area contributed by atoms with Crippen LogP contribution in [0.4, 0.5) is 0 Å². The molecule has 0 fully saturated rings. The topological polar surface area (TPSA) is 84.0 Å². The number of aromatic amines is 1. The summed E-state index contributed by atoms with van der Waals surface area (Å²) in [7, 11) is 1.55. The molecule has 0 aliphatic heterocycles. The number of imidazole rings is 1. The summed E-state index contributed by atoms with van der Waals surface area (Å²) in [6.45, 7) is 4.15. The van der Waals surface area contributed by atoms with E-state index in [1.165, 1.54) is 4.57 Å². The van der Waals surface area contributed by atoms with E-state index in [0.29, 0.717) is 29.7 Å². The first-order chi connectivity index (χ1) is 10.5. The predicted molar refractivity (Wildman–Crippen MR) is 85.0 cm³/mol. The Morgan fingerprint density at radius 3 is 2.73 bits per heavy atom. The highest BCUT2D eigenvalue weighted by atomic mass is 16.2. The highest BCUT2D eigenvalue weighted by Crippen LogP contribution is 2.22. The standard InChI is InChI=1S/C16H21N3O3/c1-10(2)11-4-6-14-13(8-11)18-16(22)19(14)12(9-20)5-7-15(21)17-3/h4,6,8-10,12H,5,7H2,1-3H3,(H,17,21)(H,18,22). The highest BCUT2D eigenvalue weighted by Gasteiger charge is 2.18. The van der Waals surface area contributed by atoms with Gasteiger partial charge in [-0.15, -0.1) is 0 Å². The second-order valence-electron chi connectivity index (χ2n) is 5.65. The molecule has 0 bridgehead atoms. The Hall–Kier alpha value is -2.37. The van der Waals surface area contributed by atoms with E-state index < -0.39 is 6.04 Å². The molecule has 0 spiro atoms. The lowest BCUT2D eigenvalue weighted by molar-refractivity contribution is -0.121. The average Bonchev–Trinajstić information content (AvgIpc) is 2.83. The number of H-pyrrole nitrogens is 1. The molecule has 6 heteroatoms. The summed E-state index contributed by atoms with van der Waals surface area (Å²) in [6, 6.07) is 5.08. The molecular formula is C16H21N3O3. The number of rotatable bonds is 6. The lowest BCUT2D eigenvalue weighted by Gasteiger charge is -2.12. The Morgan fingerprint density at radius 1 is 1.41 bits per heavy atom. The number of nitrogens with one attached hydrogen (secondary N) is 2. The SMILES string of the molecule is CNC(=O)CCC(C=O)n1c(=O)[nH]c2cc(C(C)C)ccc21. The maximum atomic E-state index is 12.2. The molecule has 1 amide bonds. The van der Waals surface area contributed by atoms with E-state index >= 15 is 0 Å². The Morgan fingerprint density at radius 2 is 2.14 bits per heavy atom. The van der Waals surface area contributed by atoms with Gasteiger partial charge in [-0.05, 0) is 30.0 Å². The largest absolute Gasteiger partial charge is 0.359 e. The van der Waals surface area contributed by atoms with Crippen LogP contribution in [-0.2, 0) is 9.59 Å². The number of hydrogen-bond acceptors (Lipinski definition) is 3. The number of benzene rings is 1. The Balaban J connectivity index is 2.40. The average molecular weight is 303 g/mol. The molecule has 22 heavy (non-hydrogen) atoms. The molecule has 1 aromatic carbocycles. The van der Waals surface area contributed by atoms with Crippen molar-refractivity contribution >= 4 is 23.2 Å². The maximum Gasteiger partial charge on any atom is 0.327 e. The van der Waals surface area contributed by atoms with Gasteiger partial charge in [-0.2, -0.15) is 0 Å². The number of hydrogen-bond donors (Lipinski definition) is 2. The number of amides is 1. The number of fused-ring (bicyclic) bond motifs is 1. The van der Waals surface area contributed by atoms with Crippen LogP contribution < -0.4 is 11.0 Å². The molecule has 1 heterocycles. The molecule has 2 N–H and O–H groups in total. The third kappa shape index (κ3) is 3.10. The molecule has 1 unspecified atom stereocenters. The zero-order valence-electron chi connectivity index (χ0n) is 13.1. The van der Waals surface area contributed by atoms with Crippen LogP contribution in [0, 0.1) is 0 Å². The van der Waals surface area contributed by atoms with Gasteiger partial charge in [0.25, 0.3) is 0 Å². The first-order valence-electron chi connectivity index (χ1n) is 7.38. The van der Waals surface area contributed by atoms with Crippen LogP contribution in [0.1, 0.15) is 44.2 Å². The lowest BCUT2D eigenvalue weighted by atomic mass is 10.0. The Kier molecular flexibility index (Phi) is 4.80. The Labute approximate surface area is 128 Å². The summed E-state index contributed by atoms with van der Waals surface area (Å²) < 4.78 is 1.43. The van der Waals surface area contributed by atoms with Crippen molar-refractivity contribution in [3.8, 4) is 0 Å². The van der Waals surface area contributed by atoms with Crippen LogP contribution >= 0.6 is 0 Å². The van der Waals surface area contributed by atoms with Gasteiger partial charge in [-0.1, -0.05) is 19.9 Å². The molecule has 6 nitrogen and oxygen atoms in total. The van der Waals surface area contributed by atoms with Gasteiger partial charge in [-0.25, -0.2) is 4.79 Å². The van der Waals surface area contributed by atoms with Crippen molar-refractivity contribution in [2.45, 2.75) is 38.6 Å². The third-order valence-electron chi connectivity index (χ3n) is 3.84. The normalized spacial score (nSPS) is 12.5. The summed E-state index contributed by atoms with van der Waals surface area (Å²) in [4.78, 5) is 37.7. The molecule has 118 valence electrons. The van der Waals surface area contributed by atoms with Gasteiger partial charge in [0.05, 0.1) is 17.1 Å². The van der Waals surface area contributed by atoms with Crippen LogP contribution in [0.2, 0.25) is 0 Å². The number of carbonyl (C=O) groups is 2. The van der Waals surface area contributed by atoms with Crippen molar-refractivity contribution in [2.24, 2.45) is 0 Å². The van der Waals surface area contributed by atoms with Crippen LogP contribution in [-0.4, -0.2) is 28.8 Å². The van der Waals surface area contributed by atoms with E-state index in [4.69, 9.17) is 0 Å². The minimum Gasteiger partial charge on any atom is -0.359 e. The molecule has 0 saturated heterocycles. The summed E-state index contributed by atoms with van der Waals surface area (Å²) in [5, 5.41) is 2.51. The van der Waals surface area contributed by atoms with Gasteiger partial charge in [0.1, 0.15) is 6.29 Å². The van der Waals surface area contributed by atoms with E-state index in [-0.39, 0.29) is 18.0 Å². The van der Waals surface area contributed by atoms with Gasteiger partial charge in [-0.3, -0.25) is 9.36 Å². The molecule has 2 rings (SSSR count). The number of carbonyl (C=O) groups excluding carboxylic acids is 2. The van der Waals surface area contributed by atoms with Gasteiger partial charge in [0.2, 0.25) is 5.91 Å². The first-order valence-corrected chi connectivity index (χ1v) is 7.38. The molecular weight excluding hydrogens is 282 g/mol. The quantitative estimate of drug-likeness (QED) is 0.797. The second kappa shape index (κ2) is 6.60. The van der Waals surface area contributed by atoms with Crippen molar-refractivity contribution in [1.82, 2.24) is 14.9 Å². The summed E-state index contributed by atoms with van der Waals surface area (Å²) in [5.41, 5.74) is 2.19. The van der Waals surface area contributed by atoms with Gasteiger partial charge >= 0.3 is 5.69 Å². The van der Waals surface area contributed by atoms with Crippen LogP contribution in [0.15, 0.2) is 23.0 Å². The molecule has 0 aliphatic carbocycles. The van der Waals surface area contributed by atoms with Crippen molar-refractivity contribution in [2.75, 3.05) is 7.05 Å². The van der Waals surface area contributed by atoms with Crippen LogP contribution in [0.3, 0.4) is 0 Å². The number of nitrogens with zero attached hydrogens (tertiary/aromatic N) is 1. The second-order valence-corrected chi connectivity index (χ2v) is 5.65. The zero-order chi connectivity index (χ0) is 16.3. The number of aldehydes is 1. The lowest BCUT2D eigenvalue weighted by Crippen LogP contribution is -2.25. The van der Waals surface area contributed by atoms with Gasteiger partial charge in [0.15, 0.2) is 0 Å². The van der Waals surface area contributed by atoms with E-state index in [1.54, 1.807) is 7.05 Å². The molecule has 0 aliphatic rings.